The Kier molecular flexibility index (Phi) is 5.11. The van der Waals surface area contributed by atoms with E-state index in [1.165, 1.54) is 14.7 Å². The number of nitrogens with zero attached hydrogens (tertiary/aromatic N) is 3. The van der Waals surface area contributed by atoms with Gasteiger partial charge in [0, 0.05) is 18.8 Å². The van der Waals surface area contributed by atoms with Gasteiger partial charge in [0.05, 0.1) is 11.1 Å². The largest absolute Gasteiger partial charge is 0.331 e. The standard InChI is InChI=1S/C23H23N3O4/c1-15-9-11-17(12-10-15)26-16(2)20(27)25(23(26)30)14-6-5-13-24-21(28)18-7-3-4-8-19(18)22(24)29/h3-4,7-12,16H,5-6,13-14H2,1-2H3/t16-/m0/s1. The number of carbonyl (C=O) groups excluding carboxylic acids is 4. The number of fused-ring (bicyclic) bond motifs is 1. The molecule has 2 aliphatic rings. The molecule has 154 valence electrons. The first kappa shape index (κ1) is 19.8. The minimum Gasteiger partial charge on any atom is -0.282 e. The molecule has 7 nitrogen and oxygen atoms in total. The third-order valence-corrected chi connectivity index (χ3v) is 5.65. The normalized spacial score (nSPS) is 18.6. The summed E-state index contributed by atoms with van der Waals surface area (Å²) in [4.78, 5) is 54.3. The first-order chi connectivity index (χ1) is 14.4. The maximum Gasteiger partial charge on any atom is 0.331 e. The average molecular weight is 405 g/mol. The van der Waals surface area contributed by atoms with Gasteiger partial charge < -0.3 is 0 Å². The quantitative estimate of drug-likeness (QED) is 0.420. The number of aryl methyl sites for hydroxylation is 1. The van der Waals surface area contributed by atoms with Crippen LogP contribution in [0.25, 0.3) is 0 Å². The van der Waals surface area contributed by atoms with Crippen molar-refractivity contribution in [1.29, 1.82) is 0 Å². The van der Waals surface area contributed by atoms with E-state index < -0.39 is 6.04 Å². The van der Waals surface area contributed by atoms with Crippen LogP contribution in [0.3, 0.4) is 0 Å². The van der Waals surface area contributed by atoms with E-state index in [0.717, 1.165) is 5.56 Å². The number of anilines is 1. The van der Waals surface area contributed by atoms with Gasteiger partial charge in [0.25, 0.3) is 17.7 Å². The highest BCUT2D eigenvalue weighted by Gasteiger charge is 2.43. The monoisotopic (exact) mass is 405 g/mol. The van der Waals surface area contributed by atoms with Crippen LogP contribution in [0.2, 0.25) is 0 Å². The van der Waals surface area contributed by atoms with Gasteiger partial charge in [-0.05, 0) is 51.0 Å². The average Bonchev–Trinajstić information content (AvgIpc) is 3.11. The molecule has 1 fully saturated rings. The van der Waals surface area contributed by atoms with E-state index in [-0.39, 0.29) is 36.8 Å². The molecular weight excluding hydrogens is 382 g/mol. The summed E-state index contributed by atoms with van der Waals surface area (Å²) in [6.45, 7) is 4.21. The number of imide groups is 2. The minimum atomic E-state index is -0.559. The molecule has 30 heavy (non-hydrogen) atoms. The lowest BCUT2D eigenvalue weighted by Crippen LogP contribution is -2.35. The van der Waals surface area contributed by atoms with Crippen LogP contribution in [-0.2, 0) is 4.79 Å². The van der Waals surface area contributed by atoms with Crippen LogP contribution >= 0.6 is 0 Å². The van der Waals surface area contributed by atoms with E-state index in [2.05, 4.69) is 0 Å². The fourth-order valence-electron chi connectivity index (χ4n) is 3.95. The first-order valence-electron chi connectivity index (χ1n) is 10.1. The van der Waals surface area contributed by atoms with Gasteiger partial charge in [-0.2, -0.15) is 0 Å². The Balaban J connectivity index is 1.35. The summed E-state index contributed by atoms with van der Waals surface area (Å²) in [5.74, 6) is -0.813. The van der Waals surface area contributed by atoms with Crippen molar-refractivity contribution < 1.29 is 19.2 Å². The Labute approximate surface area is 174 Å². The molecule has 1 saturated heterocycles. The van der Waals surface area contributed by atoms with Crippen molar-refractivity contribution in [2.75, 3.05) is 18.0 Å². The maximum absolute atomic E-state index is 12.8. The molecule has 0 saturated carbocycles. The zero-order chi connectivity index (χ0) is 21.4. The van der Waals surface area contributed by atoms with Crippen molar-refractivity contribution in [3.63, 3.8) is 0 Å². The predicted molar refractivity (Wildman–Crippen MR) is 111 cm³/mol. The van der Waals surface area contributed by atoms with Gasteiger partial charge in [-0.25, -0.2) is 4.79 Å². The third kappa shape index (κ3) is 3.26. The van der Waals surface area contributed by atoms with E-state index in [1.54, 1.807) is 31.2 Å². The van der Waals surface area contributed by atoms with E-state index >= 15 is 0 Å². The first-order valence-corrected chi connectivity index (χ1v) is 10.1. The number of rotatable bonds is 6. The molecule has 2 aliphatic heterocycles. The Bertz CT molecular complexity index is 996. The summed E-state index contributed by atoms with van der Waals surface area (Å²) < 4.78 is 0. The summed E-state index contributed by atoms with van der Waals surface area (Å²) in [6.07, 6.45) is 1.03. The number of benzene rings is 2. The smallest absolute Gasteiger partial charge is 0.282 e. The van der Waals surface area contributed by atoms with E-state index in [1.807, 2.05) is 31.2 Å². The van der Waals surface area contributed by atoms with Crippen molar-refractivity contribution >= 4 is 29.4 Å². The van der Waals surface area contributed by atoms with Gasteiger partial charge in [0.2, 0.25) is 0 Å². The zero-order valence-electron chi connectivity index (χ0n) is 17.0. The molecule has 0 N–H and O–H groups in total. The fraction of sp³-hybridized carbons (Fsp3) is 0.304. The molecule has 0 spiro atoms. The molecule has 4 rings (SSSR count). The molecular formula is C23H23N3O4. The number of carbonyl (C=O) groups is 4. The maximum atomic E-state index is 12.8. The summed E-state index contributed by atoms with van der Waals surface area (Å²) >= 11 is 0. The molecule has 0 radical (unpaired) electrons. The highest BCUT2D eigenvalue weighted by atomic mass is 16.2. The Morgan fingerprint density at radius 1 is 0.767 bits per heavy atom. The van der Waals surface area contributed by atoms with Crippen LogP contribution < -0.4 is 4.90 Å². The fourth-order valence-corrected chi connectivity index (χ4v) is 3.95. The zero-order valence-corrected chi connectivity index (χ0v) is 17.0. The summed E-state index contributed by atoms with van der Waals surface area (Å²) in [5.41, 5.74) is 2.62. The van der Waals surface area contributed by atoms with Crippen LogP contribution in [0.1, 0.15) is 46.0 Å². The number of unbranched alkanes of at least 4 members (excludes halogenated alkanes) is 1. The highest BCUT2D eigenvalue weighted by molar-refractivity contribution is 6.21. The lowest BCUT2D eigenvalue weighted by atomic mass is 10.1. The van der Waals surface area contributed by atoms with E-state index in [0.29, 0.717) is 29.7 Å². The van der Waals surface area contributed by atoms with Gasteiger partial charge in [-0.3, -0.25) is 29.1 Å². The van der Waals surface area contributed by atoms with Gasteiger partial charge >= 0.3 is 6.03 Å². The molecule has 5 amide bonds. The van der Waals surface area contributed by atoms with Crippen molar-refractivity contribution in [3.8, 4) is 0 Å². The lowest BCUT2D eigenvalue weighted by Gasteiger charge is -2.19. The molecule has 2 heterocycles. The van der Waals surface area contributed by atoms with Gasteiger partial charge in [-0.1, -0.05) is 29.8 Å². The summed E-state index contributed by atoms with van der Waals surface area (Å²) in [7, 11) is 0. The molecule has 1 atom stereocenters. The highest BCUT2D eigenvalue weighted by Crippen LogP contribution is 2.27. The van der Waals surface area contributed by atoms with Crippen LogP contribution in [0, 0.1) is 6.92 Å². The second-order valence-corrected chi connectivity index (χ2v) is 7.67. The summed E-state index contributed by atoms with van der Waals surface area (Å²) in [6, 6.07) is 13.4. The van der Waals surface area contributed by atoms with Gasteiger partial charge in [0.1, 0.15) is 6.04 Å². The molecule has 2 aromatic carbocycles. The van der Waals surface area contributed by atoms with E-state index in [9.17, 15) is 19.2 Å². The Morgan fingerprint density at radius 3 is 1.87 bits per heavy atom. The second kappa shape index (κ2) is 7.74. The Hall–Kier alpha value is -3.48. The molecule has 0 aliphatic carbocycles. The number of hydrogen-bond acceptors (Lipinski definition) is 4. The van der Waals surface area contributed by atoms with Crippen molar-refractivity contribution in [2.24, 2.45) is 0 Å². The van der Waals surface area contributed by atoms with Crippen LogP contribution in [0.15, 0.2) is 48.5 Å². The molecule has 2 aromatic rings. The summed E-state index contributed by atoms with van der Waals surface area (Å²) in [5, 5.41) is 0. The SMILES string of the molecule is Cc1ccc(N2C(=O)N(CCCCN3C(=O)c4ccccc4C3=O)C(=O)[C@@H]2C)cc1. The van der Waals surface area contributed by atoms with Crippen molar-refractivity contribution in [3.05, 3.63) is 65.2 Å². The van der Waals surface area contributed by atoms with Gasteiger partial charge in [-0.15, -0.1) is 0 Å². The van der Waals surface area contributed by atoms with Crippen LogP contribution in [0.5, 0.6) is 0 Å². The molecule has 0 aromatic heterocycles. The third-order valence-electron chi connectivity index (χ3n) is 5.65. The number of amides is 5. The van der Waals surface area contributed by atoms with E-state index in [4.69, 9.17) is 0 Å². The van der Waals surface area contributed by atoms with Gasteiger partial charge in [0.15, 0.2) is 0 Å². The Morgan fingerprint density at radius 2 is 1.30 bits per heavy atom. The molecule has 7 heteroatoms. The predicted octanol–water partition coefficient (Wildman–Crippen LogP) is 3.23. The molecule has 0 unspecified atom stereocenters. The minimum absolute atomic E-state index is 0.235. The number of urea groups is 1. The number of hydrogen-bond donors (Lipinski definition) is 0. The topological polar surface area (TPSA) is 78.0 Å². The second-order valence-electron chi connectivity index (χ2n) is 7.67. The van der Waals surface area contributed by atoms with Crippen LogP contribution in [0.4, 0.5) is 10.5 Å². The lowest BCUT2D eigenvalue weighted by molar-refractivity contribution is -0.127. The van der Waals surface area contributed by atoms with Crippen molar-refractivity contribution in [2.45, 2.75) is 32.7 Å². The van der Waals surface area contributed by atoms with Crippen molar-refractivity contribution in [1.82, 2.24) is 9.80 Å². The van der Waals surface area contributed by atoms with Crippen LogP contribution in [-0.4, -0.2) is 52.7 Å². The molecule has 0 bridgehead atoms.